The predicted octanol–water partition coefficient (Wildman–Crippen LogP) is 1.60. The first kappa shape index (κ1) is 16.8. The van der Waals surface area contributed by atoms with Crippen molar-refractivity contribution in [3.63, 3.8) is 0 Å². The average molecular weight is 286 g/mol. The van der Waals surface area contributed by atoms with Crippen LogP contribution in [0.25, 0.3) is 0 Å². The van der Waals surface area contributed by atoms with Crippen LogP contribution < -0.4 is 10.6 Å². The number of urea groups is 1. The number of ether oxygens (including phenoxy) is 1. The Morgan fingerprint density at radius 3 is 2.35 bits per heavy atom. The average Bonchev–Trinajstić information content (AvgIpc) is 2.44. The number of carboxylic acid groups (broad SMARTS) is 1. The first-order valence-electron chi connectivity index (χ1n) is 7.33. The normalized spacial score (nSPS) is 20.8. The minimum Gasteiger partial charge on any atom is -0.480 e. The highest BCUT2D eigenvalue weighted by molar-refractivity contribution is 5.82. The fourth-order valence-electron chi connectivity index (χ4n) is 2.41. The quantitative estimate of drug-likeness (QED) is 0.692. The van der Waals surface area contributed by atoms with Gasteiger partial charge in [-0.05, 0) is 31.6 Å². The van der Waals surface area contributed by atoms with E-state index in [1.54, 1.807) is 0 Å². The molecule has 0 saturated carbocycles. The second kappa shape index (κ2) is 8.09. The molecule has 0 aromatic heterocycles. The van der Waals surface area contributed by atoms with Gasteiger partial charge in [-0.2, -0.15) is 0 Å². The number of carbonyl (C=O) groups excluding carboxylic acids is 1. The third kappa shape index (κ3) is 5.00. The number of aliphatic carboxylic acids is 1. The van der Waals surface area contributed by atoms with Crippen LogP contribution in [0, 0.1) is 11.8 Å². The lowest BCUT2D eigenvalue weighted by atomic mass is 9.93. The summed E-state index contributed by atoms with van der Waals surface area (Å²) in [6, 6.07) is -1.23. The second-order valence-corrected chi connectivity index (χ2v) is 5.56. The first-order valence-corrected chi connectivity index (χ1v) is 7.33. The maximum Gasteiger partial charge on any atom is 0.326 e. The third-order valence-electron chi connectivity index (χ3n) is 4.10. The highest BCUT2D eigenvalue weighted by Crippen LogP contribution is 2.18. The van der Waals surface area contributed by atoms with Crippen LogP contribution in [0.15, 0.2) is 0 Å². The molecule has 3 N–H and O–H groups in total. The van der Waals surface area contributed by atoms with Gasteiger partial charge < -0.3 is 20.5 Å². The van der Waals surface area contributed by atoms with Crippen molar-refractivity contribution in [3.05, 3.63) is 0 Å². The lowest BCUT2D eigenvalue weighted by Crippen LogP contribution is -2.52. The number of amides is 2. The Labute approximate surface area is 120 Å². The first-order chi connectivity index (χ1) is 9.45. The number of nitrogens with one attached hydrogen (secondary N) is 2. The van der Waals surface area contributed by atoms with Gasteiger partial charge in [-0.3, -0.25) is 0 Å². The summed E-state index contributed by atoms with van der Waals surface area (Å²) in [5.41, 5.74) is 0. The summed E-state index contributed by atoms with van der Waals surface area (Å²) in [5.74, 6) is -0.703. The largest absolute Gasteiger partial charge is 0.480 e. The molecule has 3 atom stereocenters. The lowest BCUT2D eigenvalue weighted by Gasteiger charge is -2.29. The number of hydrogen-bond donors (Lipinski definition) is 3. The van der Waals surface area contributed by atoms with Gasteiger partial charge in [-0.25, -0.2) is 9.59 Å². The molecule has 1 aliphatic heterocycles. The molecule has 2 amide bonds. The van der Waals surface area contributed by atoms with E-state index in [0.717, 1.165) is 26.1 Å². The van der Waals surface area contributed by atoms with E-state index >= 15 is 0 Å². The lowest BCUT2D eigenvalue weighted by molar-refractivity contribution is -0.140. The van der Waals surface area contributed by atoms with Crippen molar-refractivity contribution in [1.82, 2.24) is 10.6 Å². The molecule has 0 aliphatic carbocycles. The van der Waals surface area contributed by atoms with Crippen LogP contribution in [0.1, 0.15) is 40.0 Å². The van der Waals surface area contributed by atoms with Gasteiger partial charge >= 0.3 is 12.0 Å². The SMILES string of the molecule is CC[C@H](C)[C@H](NC(=O)NC(C)C1CCOCC1)C(=O)O. The highest BCUT2D eigenvalue weighted by Gasteiger charge is 2.27. The van der Waals surface area contributed by atoms with Gasteiger partial charge in [0.25, 0.3) is 0 Å². The van der Waals surface area contributed by atoms with Crippen LogP contribution in [0.2, 0.25) is 0 Å². The van der Waals surface area contributed by atoms with Gasteiger partial charge in [-0.15, -0.1) is 0 Å². The summed E-state index contributed by atoms with van der Waals surface area (Å²) in [7, 11) is 0. The van der Waals surface area contributed by atoms with Crippen molar-refractivity contribution in [2.24, 2.45) is 11.8 Å². The van der Waals surface area contributed by atoms with E-state index in [-0.39, 0.29) is 12.0 Å². The Morgan fingerprint density at radius 2 is 1.85 bits per heavy atom. The van der Waals surface area contributed by atoms with Crippen molar-refractivity contribution < 1.29 is 19.4 Å². The molecule has 6 heteroatoms. The molecule has 0 aromatic rings. The summed E-state index contributed by atoms with van der Waals surface area (Å²) >= 11 is 0. The van der Waals surface area contributed by atoms with Crippen LogP contribution in [-0.4, -0.2) is 42.4 Å². The second-order valence-electron chi connectivity index (χ2n) is 5.56. The molecule has 1 saturated heterocycles. The molecule has 6 nitrogen and oxygen atoms in total. The van der Waals surface area contributed by atoms with Gasteiger partial charge in [0.05, 0.1) is 0 Å². The Morgan fingerprint density at radius 1 is 1.25 bits per heavy atom. The van der Waals surface area contributed by atoms with E-state index in [1.807, 2.05) is 20.8 Å². The zero-order valence-electron chi connectivity index (χ0n) is 12.5. The minimum atomic E-state index is -0.992. The Balaban J connectivity index is 2.46. The van der Waals surface area contributed by atoms with Crippen LogP contribution in [0.4, 0.5) is 4.79 Å². The zero-order chi connectivity index (χ0) is 15.1. The Bertz CT molecular complexity index is 329. The van der Waals surface area contributed by atoms with Crippen molar-refractivity contribution in [2.75, 3.05) is 13.2 Å². The number of carbonyl (C=O) groups is 2. The molecule has 20 heavy (non-hydrogen) atoms. The smallest absolute Gasteiger partial charge is 0.326 e. The summed E-state index contributed by atoms with van der Waals surface area (Å²) < 4.78 is 5.29. The van der Waals surface area contributed by atoms with Crippen LogP contribution >= 0.6 is 0 Å². The van der Waals surface area contributed by atoms with Crippen LogP contribution in [0.3, 0.4) is 0 Å². The highest BCUT2D eigenvalue weighted by atomic mass is 16.5. The van der Waals surface area contributed by atoms with Crippen molar-refractivity contribution in [1.29, 1.82) is 0 Å². The number of rotatable bonds is 6. The monoisotopic (exact) mass is 286 g/mol. The number of carboxylic acids is 1. The maximum atomic E-state index is 11.9. The van der Waals surface area contributed by atoms with Gasteiger partial charge in [0, 0.05) is 19.3 Å². The predicted molar refractivity (Wildman–Crippen MR) is 75.6 cm³/mol. The molecule has 1 rings (SSSR count). The van der Waals surface area contributed by atoms with E-state index in [9.17, 15) is 9.59 Å². The summed E-state index contributed by atoms with van der Waals surface area (Å²) in [5, 5.41) is 14.5. The van der Waals surface area contributed by atoms with Gasteiger partial charge in [-0.1, -0.05) is 20.3 Å². The van der Waals surface area contributed by atoms with Crippen molar-refractivity contribution in [3.8, 4) is 0 Å². The standard InChI is InChI=1S/C14H26N2O4/c1-4-9(2)12(13(17)18)16-14(19)15-10(3)11-5-7-20-8-6-11/h9-12H,4-8H2,1-3H3,(H,17,18)(H2,15,16,19)/t9-,10?,12-/m0/s1. The molecule has 0 radical (unpaired) electrons. The summed E-state index contributed by atoms with van der Waals surface area (Å²) in [6.07, 6.45) is 2.55. The van der Waals surface area contributed by atoms with Crippen LogP contribution in [0.5, 0.6) is 0 Å². The molecule has 0 aromatic carbocycles. The van der Waals surface area contributed by atoms with E-state index in [1.165, 1.54) is 0 Å². The molecule has 0 bridgehead atoms. The fourth-order valence-corrected chi connectivity index (χ4v) is 2.41. The zero-order valence-corrected chi connectivity index (χ0v) is 12.5. The molecule has 1 fully saturated rings. The molecule has 0 spiro atoms. The molecule has 1 heterocycles. The minimum absolute atomic E-state index is 0.0188. The fraction of sp³-hybridized carbons (Fsp3) is 0.857. The Hall–Kier alpha value is -1.30. The Kier molecular flexibility index (Phi) is 6.78. The third-order valence-corrected chi connectivity index (χ3v) is 4.10. The van der Waals surface area contributed by atoms with Gasteiger partial charge in [0.15, 0.2) is 0 Å². The van der Waals surface area contributed by atoms with E-state index in [2.05, 4.69) is 10.6 Å². The van der Waals surface area contributed by atoms with Crippen molar-refractivity contribution in [2.45, 2.75) is 52.1 Å². The van der Waals surface area contributed by atoms with E-state index in [0.29, 0.717) is 12.3 Å². The molecule has 1 unspecified atom stereocenters. The van der Waals surface area contributed by atoms with E-state index in [4.69, 9.17) is 9.84 Å². The molecule has 116 valence electrons. The maximum absolute atomic E-state index is 11.9. The molecular formula is C14H26N2O4. The number of hydrogen-bond acceptors (Lipinski definition) is 3. The van der Waals surface area contributed by atoms with Gasteiger partial charge in [0.1, 0.15) is 6.04 Å². The van der Waals surface area contributed by atoms with Gasteiger partial charge in [0.2, 0.25) is 0 Å². The van der Waals surface area contributed by atoms with E-state index < -0.39 is 18.0 Å². The topological polar surface area (TPSA) is 87.7 Å². The summed E-state index contributed by atoms with van der Waals surface area (Å²) in [4.78, 5) is 23.1. The summed E-state index contributed by atoms with van der Waals surface area (Å²) in [6.45, 7) is 7.13. The van der Waals surface area contributed by atoms with Crippen LogP contribution in [-0.2, 0) is 9.53 Å². The van der Waals surface area contributed by atoms with Crippen molar-refractivity contribution >= 4 is 12.0 Å². The molecular weight excluding hydrogens is 260 g/mol. The molecule has 1 aliphatic rings.